The van der Waals surface area contributed by atoms with Gasteiger partial charge in [0.1, 0.15) is 0 Å². The third-order valence-electron chi connectivity index (χ3n) is 5.95. The largest absolute Gasteiger partial charge is 0.353 e. The summed E-state index contributed by atoms with van der Waals surface area (Å²) in [6.45, 7) is 6.71. The van der Waals surface area contributed by atoms with Crippen molar-refractivity contribution in [2.45, 2.75) is 18.9 Å². The number of carbonyl (C=O) groups excluding carboxylic acids is 2. The summed E-state index contributed by atoms with van der Waals surface area (Å²) >= 11 is 0. The molecule has 2 fully saturated rings. The van der Waals surface area contributed by atoms with Crippen LogP contribution in [0.2, 0.25) is 0 Å². The van der Waals surface area contributed by atoms with Gasteiger partial charge >= 0.3 is 0 Å². The summed E-state index contributed by atoms with van der Waals surface area (Å²) in [6.07, 6.45) is 2.27. The van der Waals surface area contributed by atoms with Crippen LogP contribution >= 0.6 is 0 Å². The number of hydrogen-bond donors (Lipinski definition) is 1. The van der Waals surface area contributed by atoms with Gasteiger partial charge in [0.15, 0.2) is 0 Å². The molecule has 1 aromatic carbocycles. The van der Waals surface area contributed by atoms with Crippen molar-refractivity contribution in [1.82, 2.24) is 24.9 Å². The molecule has 0 bridgehead atoms. The summed E-state index contributed by atoms with van der Waals surface area (Å²) < 4.78 is 0. The van der Waals surface area contributed by atoms with E-state index in [0.29, 0.717) is 19.6 Å². The standard InChI is InChI=1S/C22H35N5O2/c1-24(2)20(19-8-4-3-5-9-19)16-23-21(28)17-25-12-14-26(15-13-25)18-22(29)27-10-6-7-11-27/h3-5,8-9,20H,6-7,10-18H2,1-2H3,(H,23,28). The molecule has 3 rings (SSSR count). The van der Waals surface area contributed by atoms with Gasteiger partial charge in [0, 0.05) is 45.8 Å². The number of carbonyl (C=O) groups is 2. The van der Waals surface area contributed by atoms with Crippen molar-refractivity contribution in [2.24, 2.45) is 0 Å². The summed E-state index contributed by atoms with van der Waals surface area (Å²) in [5.74, 6) is 0.318. The minimum Gasteiger partial charge on any atom is -0.353 e. The van der Waals surface area contributed by atoms with E-state index in [9.17, 15) is 9.59 Å². The van der Waals surface area contributed by atoms with Gasteiger partial charge in [-0.1, -0.05) is 30.3 Å². The number of rotatable bonds is 8. The van der Waals surface area contributed by atoms with E-state index in [4.69, 9.17) is 0 Å². The Morgan fingerprint density at radius 3 is 2.10 bits per heavy atom. The van der Waals surface area contributed by atoms with Gasteiger partial charge in [-0.2, -0.15) is 0 Å². The van der Waals surface area contributed by atoms with Gasteiger partial charge in [-0.05, 0) is 32.5 Å². The smallest absolute Gasteiger partial charge is 0.236 e. The second kappa shape index (κ2) is 10.7. The van der Waals surface area contributed by atoms with Crippen molar-refractivity contribution in [3.8, 4) is 0 Å². The number of benzene rings is 1. The summed E-state index contributed by atoms with van der Waals surface area (Å²) in [6, 6.07) is 10.4. The molecule has 7 heteroatoms. The highest BCUT2D eigenvalue weighted by Gasteiger charge is 2.24. The zero-order valence-electron chi connectivity index (χ0n) is 17.8. The Hall–Kier alpha value is -1.96. The molecule has 0 aliphatic carbocycles. The predicted molar refractivity (Wildman–Crippen MR) is 115 cm³/mol. The van der Waals surface area contributed by atoms with Gasteiger partial charge in [-0.3, -0.25) is 19.4 Å². The molecule has 1 atom stereocenters. The van der Waals surface area contributed by atoms with Crippen molar-refractivity contribution in [2.75, 3.05) is 73.0 Å². The Bertz CT molecular complexity index is 652. The fourth-order valence-corrected chi connectivity index (χ4v) is 4.11. The molecule has 1 aromatic rings. The summed E-state index contributed by atoms with van der Waals surface area (Å²) in [5, 5.41) is 3.09. The van der Waals surface area contributed by atoms with E-state index in [2.05, 4.69) is 32.1 Å². The highest BCUT2D eigenvalue weighted by atomic mass is 16.2. The Morgan fingerprint density at radius 2 is 1.52 bits per heavy atom. The van der Waals surface area contributed by atoms with Crippen LogP contribution in [0.1, 0.15) is 24.4 Å². The normalized spacial score (nSPS) is 19.5. The molecule has 2 amide bonds. The lowest BCUT2D eigenvalue weighted by molar-refractivity contribution is -0.132. The van der Waals surface area contributed by atoms with Gasteiger partial charge in [0.2, 0.25) is 11.8 Å². The van der Waals surface area contributed by atoms with E-state index in [1.807, 2.05) is 37.2 Å². The number of likely N-dealkylation sites (N-methyl/N-ethyl adjacent to an activating group) is 1. The monoisotopic (exact) mass is 401 g/mol. The van der Waals surface area contributed by atoms with E-state index in [-0.39, 0.29) is 17.9 Å². The molecule has 1 unspecified atom stereocenters. The van der Waals surface area contributed by atoms with Gasteiger partial charge < -0.3 is 15.1 Å². The molecule has 0 spiro atoms. The lowest BCUT2D eigenvalue weighted by atomic mass is 10.1. The van der Waals surface area contributed by atoms with Crippen LogP contribution in [0.4, 0.5) is 0 Å². The molecule has 2 heterocycles. The average molecular weight is 402 g/mol. The Balaban J connectivity index is 1.37. The van der Waals surface area contributed by atoms with Crippen LogP contribution < -0.4 is 5.32 Å². The summed E-state index contributed by atoms with van der Waals surface area (Å²) in [4.78, 5) is 33.3. The van der Waals surface area contributed by atoms with Crippen LogP contribution in [0.15, 0.2) is 30.3 Å². The van der Waals surface area contributed by atoms with E-state index in [0.717, 1.165) is 52.1 Å². The highest BCUT2D eigenvalue weighted by molar-refractivity contribution is 5.79. The molecule has 7 nitrogen and oxygen atoms in total. The first-order chi connectivity index (χ1) is 14.0. The zero-order valence-corrected chi connectivity index (χ0v) is 17.8. The maximum atomic E-state index is 12.5. The first-order valence-electron chi connectivity index (χ1n) is 10.7. The number of likely N-dealkylation sites (tertiary alicyclic amines) is 1. The van der Waals surface area contributed by atoms with Crippen LogP contribution in [0.25, 0.3) is 0 Å². The Morgan fingerprint density at radius 1 is 0.931 bits per heavy atom. The van der Waals surface area contributed by atoms with Crippen molar-refractivity contribution in [3.63, 3.8) is 0 Å². The van der Waals surface area contributed by atoms with Crippen molar-refractivity contribution in [1.29, 1.82) is 0 Å². The van der Waals surface area contributed by atoms with Gasteiger partial charge in [0.25, 0.3) is 0 Å². The predicted octanol–water partition coefficient (Wildman–Crippen LogP) is 0.646. The second-order valence-electron chi connectivity index (χ2n) is 8.33. The molecule has 0 aromatic heterocycles. The minimum absolute atomic E-state index is 0.0642. The fraction of sp³-hybridized carbons (Fsp3) is 0.636. The molecular formula is C22H35N5O2. The number of nitrogens with zero attached hydrogens (tertiary/aromatic N) is 4. The SMILES string of the molecule is CN(C)C(CNC(=O)CN1CCN(CC(=O)N2CCCC2)CC1)c1ccccc1. The topological polar surface area (TPSA) is 59.1 Å². The van der Waals surface area contributed by atoms with Crippen molar-refractivity contribution < 1.29 is 9.59 Å². The lowest BCUT2D eigenvalue weighted by Crippen LogP contribution is -2.52. The number of amides is 2. The average Bonchev–Trinajstić information content (AvgIpc) is 3.25. The highest BCUT2D eigenvalue weighted by Crippen LogP contribution is 2.16. The second-order valence-corrected chi connectivity index (χ2v) is 8.33. The molecule has 2 saturated heterocycles. The van der Waals surface area contributed by atoms with Crippen LogP contribution in [0.3, 0.4) is 0 Å². The Kier molecular flexibility index (Phi) is 8.03. The van der Waals surface area contributed by atoms with Gasteiger partial charge in [0.05, 0.1) is 19.1 Å². The maximum absolute atomic E-state index is 12.5. The van der Waals surface area contributed by atoms with E-state index >= 15 is 0 Å². The molecule has 0 saturated carbocycles. The lowest BCUT2D eigenvalue weighted by Gasteiger charge is -2.34. The van der Waals surface area contributed by atoms with E-state index in [1.165, 1.54) is 5.56 Å². The maximum Gasteiger partial charge on any atom is 0.236 e. The van der Waals surface area contributed by atoms with E-state index < -0.39 is 0 Å². The van der Waals surface area contributed by atoms with Crippen LogP contribution in [0.5, 0.6) is 0 Å². The first-order valence-corrected chi connectivity index (χ1v) is 10.7. The molecule has 2 aliphatic rings. The molecule has 0 radical (unpaired) electrons. The van der Waals surface area contributed by atoms with E-state index in [1.54, 1.807) is 0 Å². The van der Waals surface area contributed by atoms with Gasteiger partial charge in [-0.15, -0.1) is 0 Å². The number of nitrogens with one attached hydrogen (secondary N) is 1. The molecule has 29 heavy (non-hydrogen) atoms. The van der Waals surface area contributed by atoms with Crippen LogP contribution in [-0.2, 0) is 9.59 Å². The summed E-state index contributed by atoms with van der Waals surface area (Å²) in [7, 11) is 4.07. The third kappa shape index (κ3) is 6.52. The minimum atomic E-state index is 0.0642. The van der Waals surface area contributed by atoms with Gasteiger partial charge in [-0.25, -0.2) is 0 Å². The first kappa shape index (κ1) is 21.7. The quantitative estimate of drug-likeness (QED) is 0.693. The van der Waals surface area contributed by atoms with Crippen LogP contribution in [-0.4, -0.2) is 104 Å². The van der Waals surface area contributed by atoms with Crippen LogP contribution in [0, 0.1) is 0 Å². The third-order valence-corrected chi connectivity index (χ3v) is 5.95. The number of piperazine rings is 1. The zero-order chi connectivity index (χ0) is 20.6. The summed E-state index contributed by atoms with van der Waals surface area (Å²) in [5.41, 5.74) is 1.20. The fourth-order valence-electron chi connectivity index (χ4n) is 4.11. The molecule has 2 aliphatic heterocycles. The molecular weight excluding hydrogens is 366 g/mol. The molecule has 160 valence electrons. The van der Waals surface area contributed by atoms with Crippen molar-refractivity contribution in [3.05, 3.63) is 35.9 Å². The van der Waals surface area contributed by atoms with Crippen molar-refractivity contribution >= 4 is 11.8 Å². The Labute approximate surface area is 174 Å². The molecule has 1 N–H and O–H groups in total. The number of hydrogen-bond acceptors (Lipinski definition) is 5.